The van der Waals surface area contributed by atoms with E-state index in [4.69, 9.17) is 25.9 Å². The lowest BCUT2D eigenvalue weighted by Gasteiger charge is -2.12. The molecule has 19 nitrogen and oxygen atoms in total. The van der Waals surface area contributed by atoms with Gasteiger partial charge in [0, 0.05) is 57.0 Å². The zero-order valence-corrected chi connectivity index (χ0v) is 32.6. The summed E-state index contributed by atoms with van der Waals surface area (Å²) in [6.45, 7) is 5.85. The summed E-state index contributed by atoms with van der Waals surface area (Å²) >= 11 is 0. The number of aryl methyl sites for hydroxylation is 2. The highest BCUT2D eigenvalue weighted by molar-refractivity contribution is 6.04. The molecule has 0 aliphatic heterocycles. The molecule has 3 amide bonds. The van der Waals surface area contributed by atoms with Crippen LogP contribution in [-0.2, 0) is 31.0 Å². The molecule has 6 rings (SSSR count). The molecule has 4 aromatic heterocycles. The zero-order valence-electron chi connectivity index (χ0n) is 32.6. The number of aromatic nitrogens is 8. The van der Waals surface area contributed by atoms with Crippen LogP contribution in [0.15, 0.2) is 67.0 Å². The minimum atomic E-state index is -0.674. The van der Waals surface area contributed by atoms with Crippen molar-refractivity contribution < 1.29 is 28.7 Å². The van der Waals surface area contributed by atoms with Crippen LogP contribution < -0.4 is 36.9 Å². The molecule has 0 radical (unpaired) electrons. The van der Waals surface area contributed by atoms with Crippen LogP contribution >= 0.6 is 0 Å². The molecular formula is C39H45N13O6. The number of allylic oxidation sites excluding steroid dienone is 3. The minimum absolute atomic E-state index is 0.125. The van der Waals surface area contributed by atoms with Crippen molar-refractivity contribution in [3.63, 3.8) is 0 Å². The molecular weight excluding hydrogens is 747 g/mol. The summed E-state index contributed by atoms with van der Waals surface area (Å²) in [5.41, 5.74) is 15.6. The fourth-order valence-electron chi connectivity index (χ4n) is 6.37. The molecule has 19 heteroatoms. The maximum absolute atomic E-state index is 13.7. The summed E-state index contributed by atoms with van der Waals surface area (Å²) in [6, 6.07) is 7.99. The average Bonchev–Trinajstić information content (AvgIpc) is 3.99. The van der Waals surface area contributed by atoms with Crippen molar-refractivity contribution in [1.29, 1.82) is 0 Å². The van der Waals surface area contributed by atoms with Crippen molar-refractivity contribution >= 4 is 63.7 Å². The summed E-state index contributed by atoms with van der Waals surface area (Å²) < 4.78 is 18.9. The quantitative estimate of drug-likeness (QED) is 0.0424. The lowest BCUT2D eigenvalue weighted by molar-refractivity contribution is -0.107. The molecule has 0 saturated carbocycles. The number of nitrogens with two attached hydrogens (primary N) is 2. The monoisotopic (exact) mass is 791 g/mol. The van der Waals surface area contributed by atoms with Crippen LogP contribution in [0.1, 0.15) is 50.2 Å². The molecule has 0 saturated heterocycles. The van der Waals surface area contributed by atoms with Crippen molar-refractivity contribution in [3.8, 4) is 11.5 Å². The molecule has 6 aromatic rings. The largest absolute Gasteiger partial charge is 0.494 e. The number of benzene rings is 2. The molecule has 302 valence electrons. The number of carbonyl (C=O) groups excluding carboxylic acids is 4. The molecule has 4 heterocycles. The fourth-order valence-corrected chi connectivity index (χ4v) is 6.37. The van der Waals surface area contributed by atoms with Crippen LogP contribution in [0.25, 0.3) is 22.1 Å². The fraction of sp³-hybridized carbons (Fsp3) is 0.282. The Kier molecular flexibility index (Phi) is 12.5. The number of rotatable bonds is 20. The Labute approximate surface area is 332 Å². The molecule has 58 heavy (non-hydrogen) atoms. The second kappa shape index (κ2) is 18.0. The summed E-state index contributed by atoms with van der Waals surface area (Å²) in [5.74, 6) is -0.209. The molecule has 0 fully saturated rings. The van der Waals surface area contributed by atoms with E-state index in [0.717, 1.165) is 12.0 Å². The summed E-state index contributed by atoms with van der Waals surface area (Å²) in [5, 5.41) is 17.9. The van der Waals surface area contributed by atoms with Crippen molar-refractivity contribution in [2.24, 2.45) is 11.5 Å². The lowest BCUT2D eigenvalue weighted by Crippen LogP contribution is -2.20. The van der Waals surface area contributed by atoms with Crippen LogP contribution in [0.3, 0.4) is 0 Å². The van der Waals surface area contributed by atoms with Crippen molar-refractivity contribution in [1.82, 2.24) is 38.7 Å². The van der Waals surface area contributed by atoms with Gasteiger partial charge in [0.15, 0.2) is 0 Å². The molecule has 0 unspecified atom stereocenters. The van der Waals surface area contributed by atoms with E-state index in [1.807, 2.05) is 48.9 Å². The molecule has 0 aliphatic rings. The van der Waals surface area contributed by atoms with E-state index in [9.17, 15) is 19.2 Å². The molecule has 0 spiro atoms. The Hall–Kier alpha value is -7.44. The number of methoxy groups -OCH3 is 1. The number of hydrogen-bond acceptors (Lipinski definition) is 12. The standard InChI is InChI=1S/C39H45N13O6/c1-5-52-30(17-24(2)48-52)37(56)47-39-46-29-19-26(36(41)55)21-32(58-16-9-8-12-49-23-27(22-44-49)43-11-10-15-53)34(29)51(39)14-7-6-13-50-33-28(45-38(50)42-3)18-25(35(40)54)20-31(33)57-4/h6-9,15,17-23,43H,5,10-14,16H2,1-4H3,(H2,40,54)(H2,41,55)(H,42,45)(H,46,47,56)/b7-6+,9-8+. The second-order valence-corrected chi connectivity index (χ2v) is 13.0. The highest BCUT2D eigenvalue weighted by Crippen LogP contribution is 2.33. The van der Waals surface area contributed by atoms with Crippen LogP contribution in [0.4, 0.5) is 17.6 Å². The number of nitrogens with zero attached hydrogens (tertiary/aromatic N) is 8. The average molecular weight is 792 g/mol. The predicted molar refractivity (Wildman–Crippen MR) is 218 cm³/mol. The number of anilines is 3. The number of aldehydes is 1. The Balaban J connectivity index is 1.32. The number of fused-ring (bicyclic) bond motifs is 2. The van der Waals surface area contributed by atoms with Gasteiger partial charge in [-0.1, -0.05) is 18.2 Å². The first-order valence-electron chi connectivity index (χ1n) is 18.4. The third-order valence-corrected chi connectivity index (χ3v) is 9.05. The third-order valence-electron chi connectivity index (χ3n) is 9.05. The van der Waals surface area contributed by atoms with Gasteiger partial charge in [0.1, 0.15) is 41.1 Å². The lowest BCUT2D eigenvalue weighted by atomic mass is 10.1. The van der Waals surface area contributed by atoms with Gasteiger partial charge in [-0.3, -0.25) is 29.1 Å². The Morgan fingerprint density at radius 2 is 1.50 bits per heavy atom. The van der Waals surface area contributed by atoms with Gasteiger partial charge in [0.05, 0.1) is 42.3 Å². The summed E-state index contributed by atoms with van der Waals surface area (Å²) in [7, 11) is 3.25. The predicted octanol–water partition coefficient (Wildman–Crippen LogP) is 3.50. The highest BCUT2D eigenvalue weighted by atomic mass is 16.5. The van der Waals surface area contributed by atoms with Gasteiger partial charge in [-0.05, 0) is 50.3 Å². The first-order chi connectivity index (χ1) is 28.0. The van der Waals surface area contributed by atoms with Crippen molar-refractivity contribution in [3.05, 3.63) is 89.5 Å². The zero-order chi connectivity index (χ0) is 41.3. The van der Waals surface area contributed by atoms with Gasteiger partial charge in [-0.2, -0.15) is 10.2 Å². The van der Waals surface area contributed by atoms with E-state index in [-0.39, 0.29) is 30.2 Å². The highest BCUT2D eigenvalue weighted by Gasteiger charge is 2.22. The van der Waals surface area contributed by atoms with Gasteiger partial charge < -0.3 is 45.5 Å². The van der Waals surface area contributed by atoms with E-state index in [2.05, 4.69) is 31.1 Å². The first-order valence-corrected chi connectivity index (χ1v) is 18.4. The van der Waals surface area contributed by atoms with Gasteiger partial charge in [-0.25, -0.2) is 9.97 Å². The van der Waals surface area contributed by atoms with E-state index in [1.165, 1.54) is 7.11 Å². The molecule has 2 aromatic carbocycles. The van der Waals surface area contributed by atoms with E-state index < -0.39 is 17.7 Å². The topological polar surface area (TPSA) is 246 Å². The van der Waals surface area contributed by atoms with Crippen LogP contribution in [0.2, 0.25) is 0 Å². The molecule has 0 atom stereocenters. The number of carbonyl (C=O) groups is 4. The van der Waals surface area contributed by atoms with Crippen molar-refractivity contribution in [2.45, 2.75) is 46.4 Å². The first kappa shape index (κ1) is 40.2. The smallest absolute Gasteiger partial charge is 0.276 e. The Morgan fingerprint density at radius 1 is 0.862 bits per heavy atom. The van der Waals surface area contributed by atoms with Crippen LogP contribution in [-0.4, -0.2) is 90.0 Å². The molecule has 7 N–H and O–H groups in total. The summed E-state index contributed by atoms with van der Waals surface area (Å²) in [6.07, 6.45) is 12.3. The van der Waals surface area contributed by atoms with Crippen LogP contribution in [0, 0.1) is 6.92 Å². The van der Waals surface area contributed by atoms with Crippen LogP contribution in [0.5, 0.6) is 11.5 Å². The maximum Gasteiger partial charge on any atom is 0.276 e. The van der Waals surface area contributed by atoms with Gasteiger partial charge in [0.25, 0.3) is 5.91 Å². The number of imidazole rings is 2. The Bertz CT molecular complexity index is 2540. The maximum atomic E-state index is 13.7. The molecule has 0 aliphatic carbocycles. The SMILES string of the molecule is CCn1nc(C)cc1C(=O)Nc1nc2cc(C(N)=O)cc(OC/C=C/Cn3cc(NCCC=O)cn3)c2n1C/C=C/Cn1c(NC)nc2cc(C(N)=O)cc(OC)c21. The van der Waals surface area contributed by atoms with Gasteiger partial charge in [-0.15, -0.1) is 0 Å². The van der Waals surface area contributed by atoms with Gasteiger partial charge in [0.2, 0.25) is 23.7 Å². The number of hydrogen-bond donors (Lipinski definition) is 5. The van der Waals surface area contributed by atoms with E-state index in [0.29, 0.717) is 83.5 Å². The van der Waals surface area contributed by atoms with E-state index in [1.54, 1.807) is 57.5 Å². The number of primary amides is 2. The number of ether oxygens (including phenoxy) is 2. The third kappa shape index (κ3) is 8.83. The van der Waals surface area contributed by atoms with Gasteiger partial charge >= 0.3 is 0 Å². The van der Waals surface area contributed by atoms with E-state index >= 15 is 0 Å². The summed E-state index contributed by atoms with van der Waals surface area (Å²) in [4.78, 5) is 58.1. The molecule has 0 bridgehead atoms. The number of amides is 3. The van der Waals surface area contributed by atoms with Crippen molar-refractivity contribution in [2.75, 3.05) is 43.3 Å². The second-order valence-electron chi connectivity index (χ2n) is 13.0. The number of nitrogens with one attached hydrogen (secondary N) is 3. The normalized spacial score (nSPS) is 11.5. The Morgan fingerprint density at radius 3 is 2.14 bits per heavy atom. The minimum Gasteiger partial charge on any atom is -0.494 e.